The van der Waals surface area contributed by atoms with E-state index in [0.717, 1.165) is 35.3 Å². The number of ether oxygens (including phenoxy) is 1. The van der Waals surface area contributed by atoms with Gasteiger partial charge in [-0.05, 0) is 37.1 Å². The van der Waals surface area contributed by atoms with Gasteiger partial charge in [0.2, 0.25) is 10.0 Å². The lowest BCUT2D eigenvalue weighted by Gasteiger charge is -2.22. The summed E-state index contributed by atoms with van der Waals surface area (Å²) in [5.41, 5.74) is 0.848. The number of rotatable bonds is 5. The van der Waals surface area contributed by atoms with E-state index in [1.54, 1.807) is 11.4 Å². The lowest BCUT2D eigenvalue weighted by Crippen LogP contribution is -2.38. The first-order chi connectivity index (χ1) is 11.0. The van der Waals surface area contributed by atoms with E-state index < -0.39 is 10.0 Å². The van der Waals surface area contributed by atoms with E-state index >= 15 is 0 Å². The van der Waals surface area contributed by atoms with Crippen molar-refractivity contribution in [2.24, 2.45) is 0 Å². The van der Waals surface area contributed by atoms with Crippen molar-refractivity contribution in [3.05, 3.63) is 30.3 Å². The van der Waals surface area contributed by atoms with Crippen molar-refractivity contribution in [2.75, 3.05) is 31.8 Å². The molecule has 1 saturated heterocycles. The van der Waals surface area contributed by atoms with Gasteiger partial charge in [0.1, 0.15) is 11.6 Å². The Morgan fingerprint density at radius 2 is 2.13 bits per heavy atom. The van der Waals surface area contributed by atoms with E-state index in [9.17, 15) is 8.42 Å². The maximum absolute atomic E-state index is 11.8. The molecule has 124 valence electrons. The molecule has 0 radical (unpaired) electrons. The van der Waals surface area contributed by atoms with Crippen molar-refractivity contribution >= 4 is 26.7 Å². The number of hydrogen-bond donors (Lipinski definition) is 1. The van der Waals surface area contributed by atoms with Gasteiger partial charge >= 0.3 is 0 Å². The van der Waals surface area contributed by atoms with Crippen LogP contribution in [-0.4, -0.2) is 50.2 Å². The van der Waals surface area contributed by atoms with Gasteiger partial charge in [-0.15, -0.1) is 0 Å². The highest BCUT2D eigenvalue weighted by Gasteiger charge is 2.31. The standard InChI is InChI=1S/C16H21N3O3S/c1-22-14-7-5-12-6-8-16(18-15(12)10-14)17-11-13-4-3-9-19(13)23(2,20)21/h5-8,10,13H,3-4,9,11H2,1-2H3,(H,17,18)/t13-/m1/s1. The topological polar surface area (TPSA) is 71.5 Å². The Hall–Kier alpha value is -1.86. The number of anilines is 1. The van der Waals surface area contributed by atoms with Crippen LogP contribution >= 0.6 is 0 Å². The first-order valence-electron chi connectivity index (χ1n) is 7.63. The maximum atomic E-state index is 11.8. The average Bonchev–Trinajstić information content (AvgIpc) is 3.01. The highest BCUT2D eigenvalue weighted by atomic mass is 32.2. The zero-order valence-electron chi connectivity index (χ0n) is 13.3. The SMILES string of the molecule is COc1ccc2ccc(NC[C@H]3CCCN3S(C)(=O)=O)nc2c1. The lowest BCUT2D eigenvalue weighted by atomic mass is 10.2. The monoisotopic (exact) mass is 335 g/mol. The molecular formula is C16H21N3O3S. The van der Waals surface area contributed by atoms with Crippen LogP contribution in [0.3, 0.4) is 0 Å². The second-order valence-corrected chi connectivity index (χ2v) is 7.74. The first-order valence-corrected chi connectivity index (χ1v) is 9.48. The molecule has 2 heterocycles. The molecule has 6 nitrogen and oxygen atoms in total. The summed E-state index contributed by atoms with van der Waals surface area (Å²) in [5.74, 6) is 1.51. The van der Waals surface area contributed by atoms with Gasteiger partial charge in [-0.2, -0.15) is 4.31 Å². The van der Waals surface area contributed by atoms with Crippen LogP contribution in [0.4, 0.5) is 5.82 Å². The molecular weight excluding hydrogens is 314 g/mol. The minimum atomic E-state index is -3.14. The molecule has 23 heavy (non-hydrogen) atoms. The Bertz CT molecular complexity index is 807. The van der Waals surface area contributed by atoms with Crippen molar-refractivity contribution in [3.8, 4) is 5.75 Å². The minimum Gasteiger partial charge on any atom is -0.497 e. The van der Waals surface area contributed by atoms with Gasteiger partial charge in [0.15, 0.2) is 0 Å². The second-order valence-electron chi connectivity index (χ2n) is 5.81. The molecule has 0 saturated carbocycles. The molecule has 1 N–H and O–H groups in total. The van der Waals surface area contributed by atoms with Gasteiger partial charge in [0.05, 0.1) is 18.9 Å². The van der Waals surface area contributed by atoms with Gasteiger partial charge in [-0.1, -0.05) is 0 Å². The van der Waals surface area contributed by atoms with Crippen molar-refractivity contribution in [1.82, 2.24) is 9.29 Å². The van der Waals surface area contributed by atoms with Gasteiger partial charge < -0.3 is 10.1 Å². The summed E-state index contributed by atoms with van der Waals surface area (Å²) in [5, 5.41) is 4.30. The zero-order valence-corrected chi connectivity index (χ0v) is 14.1. The fourth-order valence-electron chi connectivity index (χ4n) is 2.99. The molecule has 1 aliphatic heterocycles. The summed E-state index contributed by atoms with van der Waals surface area (Å²) in [6.07, 6.45) is 3.05. The molecule has 2 aromatic rings. The number of nitrogens with one attached hydrogen (secondary N) is 1. The second kappa shape index (κ2) is 6.33. The number of benzene rings is 1. The summed E-state index contributed by atoms with van der Waals surface area (Å²) in [6.45, 7) is 1.17. The largest absolute Gasteiger partial charge is 0.497 e. The van der Waals surface area contributed by atoms with E-state index in [1.165, 1.54) is 6.26 Å². The fourth-order valence-corrected chi connectivity index (χ4v) is 4.18. The van der Waals surface area contributed by atoms with E-state index in [4.69, 9.17) is 4.74 Å². The third-order valence-electron chi connectivity index (χ3n) is 4.17. The highest BCUT2D eigenvalue weighted by Crippen LogP contribution is 2.23. The van der Waals surface area contributed by atoms with Crippen LogP contribution in [0, 0.1) is 0 Å². The number of aromatic nitrogens is 1. The van der Waals surface area contributed by atoms with Crippen molar-refractivity contribution in [2.45, 2.75) is 18.9 Å². The number of nitrogens with zero attached hydrogens (tertiary/aromatic N) is 2. The molecule has 3 rings (SSSR count). The molecule has 1 aliphatic rings. The number of methoxy groups -OCH3 is 1. The third kappa shape index (κ3) is 3.56. The molecule has 1 atom stereocenters. The number of fused-ring (bicyclic) bond motifs is 1. The molecule has 1 aromatic carbocycles. The Balaban J connectivity index is 1.74. The van der Waals surface area contributed by atoms with Crippen LogP contribution in [0.2, 0.25) is 0 Å². The van der Waals surface area contributed by atoms with Gasteiger partial charge in [0, 0.05) is 30.6 Å². The molecule has 0 spiro atoms. The third-order valence-corrected chi connectivity index (χ3v) is 5.50. The van der Waals surface area contributed by atoms with Crippen molar-refractivity contribution < 1.29 is 13.2 Å². The predicted molar refractivity (Wildman–Crippen MR) is 91.4 cm³/mol. The fraction of sp³-hybridized carbons (Fsp3) is 0.438. The van der Waals surface area contributed by atoms with Crippen LogP contribution < -0.4 is 10.1 Å². The van der Waals surface area contributed by atoms with Crippen LogP contribution in [0.1, 0.15) is 12.8 Å². The molecule has 0 bridgehead atoms. The molecule has 0 aliphatic carbocycles. The van der Waals surface area contributed by atoms with E-state index in [-0.39, 0.29) is 6.04 Å². The summed E-state index contributed by atoms with van der Waals surface area (Å²) in [4.78, 5) is 4.57. The van der Waals surface area contributed by atoms with E-state index in [0.29, 0.717) is 13.1 Å². The first kappa shape index (κ1) is 16.0. The molecule has 7 heteroatoms. The smallest absolute Gasteiger partial charge is 0.211 e. The summed E-state index contributed by atoms with van der Waals surface area (Å²) in [6, 6.07) is 9.65. The Kier molecular flexibility index (Phi) is 4.41. The lowest BCUT2D eigenvalue weighted by molar-refractivity contribution is 0.402. The van der Waals surface area contributed by atoms with E-state index in [2.05, 4.69) is 10.3 Å². The average molecular weight is 335 g/mol. The number of pyridine rings is 1. The van der Waals surface area contributed by atoms with Crippen molar-refractivity contribution in [1.29, 1.82) is 0 Å². The minimum absolute atomic E-state index is 0.00666. The Morgan fingerprint density at radius 1 is 1.35 bits per heavy atom. The van der Waals surface area contributed by atoms with Crippen LogP contribution in [0.5, 0.6) is 5.75 Å². The summed E-state index contributed by atoms with van der Waals surface area (Å²) < 4.78 is 30.3. The summed E-state index contributed by atoms with van der Waals surface area (Å²) >= 11 is 0. The Labute approximate surface area is 136 Å². The van der Waals surface area contributed by atoms with Gasteiger partial charge in [-0.3, -0.25) is 0 Å². The normalized spacial score (nSPS) is 19.1. The van der Waals surface area contributed by atoms with Crippen molar-refractivity contribution in [3.63, 3.8) is 0 Å². The summed E-state index contributed by atoms with van der Waals surface area (Å²) in [7, 11) is -1.52. The van der Waals surface area contributed by atoms with Crippen LogP contribution in [-0.2, 0) is 10.0 Å². The highest BCUT2D eigenvalue weighted by molar-refractivity contribution is 7.88. The Morgan fingerprint density at radius 3 is 2.87 bits per heavy atom. The zero-order chi connectivity index (χ0) is 16.4. The molecule has 1 fully saturated rings. The van der Waals surface area contributed by atoms with Gasteiger partial charge in [-0.25, -0.2) is 13.4 Å². The molecule has 0 unspecified atom stereocenters. The van der Waals surface area contributed by atoms with Gasteiger partial charge in [0.25, 0.3) is 0 Å². The quantitative estimate of drug-likeness (QED) is 0.906. The van der Waals surface area contributed by atoms with Crippen LogP contribution in [0.25, 0.3) is 10.9 Å². The molecule has 0 amide bonds. The van der Waals surface area contributed by atoms with E-state index in [1.807, 2.05) is 30.3 Å². The van der Waals surface area contributed by atoms with Crippen LogP contribution in [0.15, 0.2) is 30.3 Å². The predicted octanol–water partition coefficient (Wildman–Crippen LogP) is 2.08. The number of sulfonamides is 1. The molecule has 1 aromatic heterocycles. The number of hydrogen-bond acceptors (Lipinski definition) is 5. The maximum Gasteiger partial charge on any atom is 0.211 e.